The summed E-state index contributed by atoms with van der Waals surface area (Å²) in [6.07, 6.45) is -15.4. The fourth-order valence-corrected chi connectivity index (χ4v) is 3.72. The minimum atomic E-state index is -1.70. The van der Waals surface area contributed by atoms with Crippen LogP contribution in [0.1, 0.15) is 0 Å². The van der Waals surface area contributed by atoms with Crippen molar-refractivity contribution in [2.24, 2.45) is 0 Å². The first-order chi connectivity index (χ1) is 17.1. The van der Waals surface area contributed by atoms with Crippen LogP contribution in [0.3, 0.4) is 0 Å². The average Bonchev–Trinajstić information content (AvgIpc) is 2.85. The van der Waals surface area contributed by atoms with Gasteiger partial charge in [-0.25, -0.2) is 9.59 Å². The summed E-state index contributed by atoms with van der Waals surface area (Å²) in [5.41, 5.74) is 0.145. The maximum absolute atomic E-state index is 12.5. The number of ether oxygens (including phenoxy) is 2. The number of nitrogens with one attached hydrogen (secondary N) is 4. The van der Waals surface area contributed by atoms with E-state index in [9.17, 15) is 50.4 Å². The molecule has 16 heteroatoms. The standard InChI is InChI=1S/C20H30N4O12/c25-5-9-11(27)13(29)15(31)17(35-9)23-19(33)21-7-3-1-2-4-8(7)22-20(34)24-18-16(32)14(30)12(28)10(6-26)36-18/h1-4,9-18,25-32H,5-6H2,(H2,21,23,33)(H2,22,24,34)/t9-,10-,11-,12-,13+,14+,15-,16-,17-,18-/m1/s1. The fraction of sp³-hybridized carbons (Fsp3) is 0.600. The Kier molecular flexibility index (Phi) is 9.36. The highest BCUT2D eigenvalue weighted by atomic mass is 16.6. The van der Waals surface area contributed by atoms with Crippen molar-refractivity contribution < 1.29 is 59.9 Å². The molecule has 0 radical (unpaired) electrons. The molecule has 2 aliphatic rings. The quantitative estimate of drug-likeness (QED) is 0.170. The van der Waals surface area contributed by atoms with Crippen molar-refractivity contribution in [3.05, 3.63) is 24.3 Å². The molecule has 4 amide bonds. The highest BCUT2D eigenvalue weighted by Crippen LogP contribution is 2.24. The van der Waals surface area contributed by atoms with Crippen molar-refractivity contribution >= 4 is 23.4 Å². The maximum atomic E-state index is 12.5. The lowest BCUT2D eigenvalue weighted by atomic mass is 9.98. The topological polar surface area (TPSA) is 263 Å². The molecule has 1 aromatic rings. The largest absolute Gasteiger partial charge is 0.394 e. The SMILES string of the molecule is O=C(Nc1ccccc1NC(=O)N[C@@H]1O[C@H](CO)[C@@H](O)[C@H](O)[C@H]1O)N[C@@H]1O[C@H](CO)[C@@H](O)[C@H](O)[C@H]1O. The number of hydrogen-bond acceptors (Lipinski definition) is 12. The molecule has 2 fully saturated rings. The van der Waals surface area contributed by atoms with Crippen molar-refractivity contribution in [3.63, 3.8) is 0 Å². The van der Waals surface area contributed by atoms with Gasteiger partial charge in [-0.05, 0) is 12.1 Å². The van der Waals surface area contributed by atoms with Gasteiger partial charge in [0.05, 0.1) is 24.6 Å². The second-order valence-electron chi connectivity index (χ2n) is 8.24. The Morgan fingerprint density at radius 1 is 0.639 bits per heavy atom. The summed E-state index contributed by atoms with van der Waals surface area (Å²) in [4.78, 5) is 24.9. The third-order valence-electron chi connectivity index (χ3n) is 5.75. The highest BCUT2D eigenvalue weighted by molar-refractivity contribution is 5.98. The van der Waals surface area contributed by atoms with Gasteiger partial charge in [-0.15, -0.1) is 0 Å². The number of para-hydroxylation sites is 2. The minimum Gasteiger partial charge on any atom is -0.394 e. The number of amides is 4. The predicted octanol–water partition coefficient (Wildman–Crippen LogP) is -4.47. The molecule has 3 rings (SSSR count). The first-order valence-electron chi connectivity index (χ1n) is 10.9. The molecule has 1 aromatic carbocycles. The van der Waals surface area contributed by atoms with Crippen LogP contribution in [0.15, 0.2) is 24.3 Å². The Morgan fingerprint density at radius 3 is 1.33 bits per heavy atom. The molecule has 16 nitrogen and oxygen atoms in total. The molecule has 0 aliphatic carbocycles. The first-order valence-corrected chi connectivity index (χ1v) is 10.9. The van der Waals surface area contributed by atoms with Crippen molar-refractivity contribution in [3.8, 4) is 0 Å². The number of anilines is 2. The van der Waals surface area contributed by atoms with Crippen molar-refractivity contribution in [1.29, 1.82) is 0 Å². The van der Waals surface area contributed by atoms with Gasteiger partial charge in [0.2, 0.25) is 0 Å². The van der Waals surface area contributed by atoms with Gasteiger partial charge in [0, 0.05) is 0 Å². The van der Waals surface area contributed by atoms with Crippen LogP contribution in [0.5, 0.6) is 0 Å². The van der Waals surface area contributed by atoms with E-state index in [2.05, 4.69) is 21.3 Å². The van der Waals surface area contributed by atoms with Crippen molar-refractivity contribution in [2.75, 3.05) is 23.8 Å². The molecule has 36 heavy (non-hydrogen) atoms. The number of carbonyl (C=O) groups is 2. The van der Waals surface area contributed by atoms with E-state index in [1.165, 1.54) is 24.3 Å². The Bertz CT molecular complexity index is 834. The van der Waals surface area contributed by atoms with Crippen molar-refractivity contribution in [2.45, 2.75) is 61.3 Å². The van der Waals surface area contributed by atoms with Crippen molar-refractivity contribution in [1.82, 2.24) is 10.6 Å². The summed E-state index contributed by atoms with van der Waals surface area (Å²) in [6.45, 7) is -1.36. The zero-order chi connectivity index (χ0) is 26.6. The lowest BCUT2D eigenvalue weighted by Gasteiger charge is -2.40. The summed E-state index contributed by atoms with van der Waals surface area (Å²) >= 11 is 0. The van der Waals surface area contributed by atoms with E-state index in [0.29, 0.717) is 0 Å². The molecule has 2 saturated heterocycles. The third-order valence-corrected chi connectivity index (χ3v) is 5.75. The van der Waals surface area contributed by atoms with Gasteiger partial charge in [-0.2, -0.15) is 0 Å². The van der Waals surface area contributed by atoms with Gasteiger partial charge in [-0.1, -0.05) is 12.1 Å². The summed E-state index contributed by atoms with van der Waals surface area (Å²) in [5.74, 6) is 0. The van der Waals surface area contributed by atoms with E-state index in [1.54, 1.807) is 0 Å². The second-order valence-corrected chi connectivity index (χ2v) is 8.24. The molecule has 0 aromatic heterocycles. The Morgan fingerprint density at radius 2 is 1.00 bits per heavy atom. The van der Waals surface area contributed by atoms with Gasteiger partial charge in [0.1, 0.15) is 48.8 Å². The summed E-state index contributed by atoms with van der Waals surface area (Å²) in [5, 5.41) is 87.2. The van der Waals surface area contributed by atoms with Gasteiger partial charge < -0.3 is 71.6 Å². The number of carbonyl (C=O) groups excluding carboxylic acids is 2. The number of aliphatic hydroxyl groups is 8. The molecule has 0 spiro atoms. The van der Waals surface area contributed by atoms with Gasteiger partial charge in [0.25, 0.3) is 0 Å². The van der Waals surface area contributed by atoms with Gasteiger partial charge in [0.15, 0.2) is 12.5 Å². The van der Waals surface area contributed by atoms with Crippen LogP contribution < -0.4 is 21.3 Å². The van der Waals surface area contributed by atoms with Crippen LogP contribution in [0.25, 0.3) is 0 Å². The van der Waals surface area contributed by atoms with E-state index in [4.69, 9.17) is 9.47 Å². The number of benzene rings is 1. The fourth-order valence-electron chi connectivity index (χ4n) is 3.72. The molecular weight excluding hydrogens is 488 g/mol. The molecular formula is C20H30N4O12. The lowest BCUT2D eigenvalue weighted by Crippen LogP contribution is -2.63. The molecule has 0 saturated carbocycles. The van der Waals surface area contributed by atoms with E-state index in [0.717, 1.165) is 0 Å². The van der Waals surface area contributed by atoms with Crippen LogP contribution in [0.4, 0.5) is 21.0 Å². The van der Waals surface area contributed by atoms with E-state index in [1.807, 2.05) is 0 Å². The van der Waals surface area contributed by atoms with Crippen LogP contribution in [-0.4, -0.2) is 127 Å². The number of aliphatic hydroxyl groups excluding tert-OH is 8. The Labute approximate surface area is 204 Å². The zero-order valence-corrected chi connectivity index (χ0v) is 18.7. The van der Waals surface area contributed by atoms with Crippen LogP contribution >= 0.6 is 0 Å². The molecule has 2 heterocycles. The Balaban J connectivity index is 1.61. The van der Waals surface area contributed by atoms with Gasteiger partial charge in [-0.3, -0.25) is 0 Å². The summed E-state index contributed by atoms with van der Waals surface area (Å²) in [6, 6.07) is 4.03. The van der Waals surface area contributed by atoms with E-state index < -0.39 is 86.6 Å². The monoisotopic (exact) mass is 518 g/mol. The summed E-state index contributed by atoms with van der Waals surface area (Å²) < 4.78 is 10.4. The molecule has 0 bridgehead atoms. The van der Waals surface area contributed by atoms with Crippen LogP contribution in [-0.2, 0) is 9.47 Å². The summed E-state index contributed by atoms with van der Waals surface area (Å²) in [7, 11) is 0. The van der Waals surface area contributed by atoms with Crippen LogP contribution in [0, 0.1) is 0 Å². The smallest absolute Gasteiger partial charge is 0.321 e. The number of hydrogen-bond donors (Lipinski definition) is 12. The molecule has 10 atom stereocenters. The molecule has 2 aliphatic heterocycles. The second kappa shape index (κ2) is 12.1. The molecule has 0 unspecified atom stereocenters. The van der Waals surface area contributed by atoms with E-state index in [-0.39, 0.29) is 11.4 Å². The normalized spacial score (nSPS) is 36.6. The molecule has 202 valence electrons. The minimum absolute atomic E-state index is 0.0727. The number of rotatable bonds is 6. The first kappa shape index (κ1) is 27.9. The maximum Gasteiger partial charge on any atom is 0.321 e. The average molecular weight is 518 g/mol. The van der Waals surface area contributed by atoms with E-state index >= 15 is 0 Å². The molecule has 12 N–H and O–H groups in total. The number of urea groups is 2. The third kappa shape index (κ3) is 6.19. The lowest BCUT2D eigenvalue weighted by molar-refractivity contribution is -0.233. The van der Waals surface area contributed by atoms with Crippen LogP contribution in [0.2, 0.25) is 0 Å². The van der Waals surface area contributed by atoms with Gasteiger partial charge >= 0.3 is 12.1 Å². The zero-order valence-electron chi connectivity index (χ0n) is 18.7. The Hall–Kier alpha value is -2.64. The predicted molar refractivity (Wildman–Crippen MR) is 118 cm³/mol. The highest BCUT2D eigenvalue weighted by Gasteiger charge is 2.45.